The summed E-state index contributed by atoms with van der Waals surface area (Å²) >= 11 is 1.48. The summed E-state index contributed by atoms with van der Waals surface area (Å²) in [7, 11) is 0. The normalized spacial score (nSPS) is 15.7. The summed E-state index contributed by atoms with van der Waals surface area (Å²) in [5.74, 6) is 0.384. The van der Waals surface area contributed by atoms with Gasteiger partial charge in [-0.05, 0) is 0 Å². The molecule has 0 saturated carbocycles. The summed E-state index contributed by atoms with van der Waals surface area (Å²) in [4.78, 5) is 0. The van der Waals surface area contributed by atoms with Crippen LogP contribution in [-0.4, -0.2) is 0 Å². The molecule has 1 atom stereocenters. The summed E-state index contributed by atoms with van der Waals surface area (Å²) in [6, 6.07) is 32.4. The van der Waals surface area contributed by atoms with Crippen LogP contribution in [-0.2, 0) is 24.7 Å². The van der Waals surface area contributed by atoms with Crippen molar-refractivity contribution in [3.8, 4) is 0 Å². The monoisotopic (exact) mass is 455 g/mol. The zero-order valence-corrected chi connectivity index (χ0v) is 18.2. The van der Waals surface area contributed by atoms with E-state index in [0.717, 1.165) is 0 Å². The summed E-state index contributed by atoms with van der Waals surface area (Å²) < 4.78 is 1.51. The minimum absolute atomic E-state index is 0. The summed E-state index contributed by atoms with van der Waals surface area (Å²) in [5, 5.41) is 0. The number of hydrogen-bond acceptors (Lipinski definition) is 0. The third-order valence-corrected chi connectivity index (χ3v) is 5.87. The van der Waals surface area contributed by atoms with Crippen molar-refractivity contribution in [2.45, 2.75) is 5.92 Å². The number of rotatable bonds is 3. The Balaban J connectivity index is 0.00000121. The van der Waals surface area contributed by atoms with Gasteiger partial charge < -0.3 is 0 Å². The molecule has 3 aromatic rings. The molecule has 0 saturated heterocycles. The molecular formula is C23H19Cl2Zr. The summed E-state index contributed by atoms with van der Waals surface area (Å²) in [6.07, 6.45) is 2.44. The molecule has 0 spiro atoms. The fraction of sp³-hybridized carbons (Fsp3) is 0.0435. The first-order chi connectivity index (χ1) is 11.8. The van der Waals surface area contributed by atoms with E-state index in [1.54, 1.807) is 0 Å². The molecule has 0 N–H and O–H groups in total. The topological polar surface area (TPSA) is 0 Å². The second-order valence-corrected chi connectivity index (χ2v) is 7.31. The second-order valence-electron chi connectivity index (χ2n) is 5.99. The van der Waals surface area contributed by atoms with Crippen LogP contribution in [0.5, 0.6) is 0 Å². The predicted octanol–water partition coefficient (Wildman–Crippen LogP) is 6.67. The fourth-order valence-electron chi connectivity index (χ4n) is 3.33. The van der Waals surface area contributed by atoms with Crippen LogP contribution in [0.4, 0.5) is 0 Å². The van der Waals surface area contributed by atoms with Crippen molar-refractivity contribution in [3.05, 3.63) is 117 Å². The molecule has 0 aliphatic heterocycles. The molecule has 1 aliphatic rings. The Bertz CT molecular complexity index is 901. The van der Waals surface area contributed by atoms with Gasteiger partial charge in [-0.15, -0.1) is 24.8 Å². The Labute approximate surface area is 182 Å². The molecule has 3 heteroatoms. The van der Waals surface area contributed by atoms with Crippen LogP contribution < -0.4 is 0 Å². The van der Waals surface area contributed by atoms with Crippen molar-refractivity contribution < 1.29 is 24.7 Å². The fourth-order valence-corrected chi connectivity index (χ4v) is 4.63. The van der Waals surface area contributed by atoms with Crippen LogP contribution in [0.15, 0.2) is 100 Å². The van der Waals surface area contributed by atoms with Crippen LogP contribution >= 0.6 is 24.8 Å². The minimum atomic E-state index is 0. The predicted molar refractivity (Wildman–Crippen MR) is 111 cm³/mol. The van der Waals surface area contributed by atoms with Gasteiger partial charge in [-0.25, -0.2) is 0 Å². The van der Waals surface area contributed by atoms with E-state index in [-0.39, 0.29) is 24.8 Å². The van der Waals surface area contributed by atoms with Gasteiger partial charge in [-0.1, -0.05) is 0 Å². The number of halogens is 2. The van der Waals surface area contributed by atoms with Gasteiger partial charge in [0.2, 0.25) is 0 Å². The second kappa shape index (κ2) is 9.51. The van der Waals surface area contributed by atoms with E-state index in [1.165, 1.54) is 55.8 Å². The molecule has 0 radical (unpaired) electrons. The van der Waals surface area contributed by atoms with Crippen LogP contribution in [0, 0.1) is 0 Å². The molecule has 3 aromatic carbocycles. The van der Waals surface area contributed by atoms with Crippen LogP contribution in [0.3, 0.4) is 0 Å². The molecule has 129 valence electrons. The summed E-state index contributed by atoms with van der Waals surface area (Å²) in [6.45, 7) is 0. The van der Waals surface area contributed by atoms with Crippen molar-refractivity contribution in [1.29, 1.82) is 0 Å². The van der Waals surface area contributed by atoms with E-state index in [4.69, 9.17) is 0 Å². The van der Waals surface area contributed by atoms with Crippen molar-refractivity contribution in [2.75, 3.05) is 0 Å². The SMILES string of the molecule is Cl.Cl.[Zr][C]1=C(c2ccccc2)C(c2ccccc2)=CC1c1ccccc1. The van der Waals surface area contributed by atoms with Gasteiger partial charge in [0.25, 0.3) is 0 Å². The van der Waals surface area contributed by atoms with Crippen LogP contribution in [0.2, 0.25) is 0 Å². The van der Waals surface area contributed by atoms with Crippen LogP contribution in [0.25, 0.3) is 11.1 Å². The average molecular weight is 458 g/mol. The molecule has 0 fully saturated rings. The quantitative estimate of drug-likeness (QED) is 0.412. The molecule has 1 unspecified atom stereocenters. The van der Waals surface area contributed by atoms with Gasteiger partial charge in [-0.3, -0.25) is 0 Å². The number of benzene rings is 3. The zero-order valence-electron chi connectivity index (χ0n) is 14.1. The van der Waals surface area contributed by atoms with Gasteiger partial charge in [0, 0.05) is 0 Å². The molecule has 4 rings (SSSR count). The Morgan fingerprint density at radius 3 is 1.58 bits per heavy atom. The van der Waals surface area contributed by atoms with E-state index < -0.39 is 0 Å². The van der Waals surface area contributed by atoms with E-state index in [9.17, 15) is 0 Å². The van der Waals surface area contributed by atoms with Crippen molar-refractivity contribution in [2.24, 2.45) is 0 Å². The van der Waals surface area contributed by atoms with Crippen molar-refractivity contribution in [1.82, 2.24) is 0 Å². The maximum absolute atomic E-state index is 2.44. The first-order valence-electron chi connectivity index (χ1n) is 8.18. The maximum atomic E-state index is 2.44. The van der Waals surface area contributed by atoms with Gasteiger partial charge in [0.1, 0.15) is 0 Å². The molecule has 0 amide bonds. The Kier molecular flexibility index (Phi) is 7.65. The van der Waals surface area contributed by atoms with E-state index in [2.05, 4.69) is 97.1 Å². The first kappa shape index (κ1) is 20.9. The van der Waals surface area contributed by atoms with Gasteiger partial charge in [0.15, 0.2) is 0 Å². The van der Waals surface area contributed by atoms with Gasteiger partial charge in [0.05, 0.1) is 0 Å². The zero-order chi connectivity index (χ0) is 16.4. The summed E-state index contributed by atoms with van der Waals surface area (Å²) in [5.41, 5.74) is 6.77. The molecule has 26 heavy (non-hydrogen) atoms. The molecule has 1 aliphatic carbocycles. The van der Waals surface area contributed by atoms with Gasteiger partial charge >= 0.3 is 159 Å². The van der Waals surface area contributed by atoms with E-state index >= 15 is 0 Å². The Hall–Kier alpha value is -1.40. The Morgan fingerprint density at radius 1 is 0.577 bits per heavy atom. The molecule has 0 nitrogen and oxygen atoms in total. The first-order valence-corrected chi connectivity index (χ1v) is 9.41. The Morgan fingerprint density at radius 2 is 1.04 bits per heavy atom. The standard InChI is InChI=1S/C23H17.2ClH.Zr/c1-4-10-18(11-5-1)21-16-22(19-12-6-2-7-13-19)23(17-21)20-14-8-3-9-15-20;;;/h1-16,21H;2*1H;. The number of hydrogen-bond donors (Lipinski definition) is 0. The van der Waals surface area contributed by atoms with Crippen molar-refractivity contribution >= 4 is 36.0 Å². The molecule has 0 aromatic heterocycles. The molecule has 0 heterocycles. The number of allylic oxidation sites excluding steroid dienone is 4. The van der Waals surface area contributed by atoms with E-state index in [0.29, 0.717) is 5.92 Å². The average Bonchev–Trinajstić information content (AvgIpc) is 3.01. The molecular weight excluding hydrogens is 438 g/mol. The van der Waals surface area contributed by atoms with Crippen LogP contribution in [0.1, 0.15) is 22.6 Å². The van der Waals surface area contributed by atoms with E-state index in [1.807, 2.05) is 0 Å². The van der Waals surface area contributed by atoms with Crippen molar-refractivity contribution in [3.63, 3.8) is 0 Å². The third kappa shape index (κ3) is 4.12. The van der Waals surface area contributed by atoms with Gasteiger partial charge in [-0.2, -0.15) is 0 Å². The molecule has 0 bridgehead atoms. The third-order valence-electron chi connectivity index (χ3n) is 4.49.